The maximum absolute atomic E-state index is 5.98. The van der Waals surface area contributed by atoms with Gasteiger partial charge in [-0.3, -0.25) is 4.98 Å². The minimum atomic E-state index is 0.372. The highest BCUT2D eigenvalue weighted by atomic mass is 16.5. The van der Waals surface area contributed by atoms with E-state index in [9.17, 15) is 0 Å². The van der Waals surface area contributed by atoms with E-state index in [1.807, 2.05) is 54.6 Å². The number of anilines is 2. The van der Waals surface area contributed by atoms with Crippen LogP contribution in [-0.4, -0.2) is 37.2 Å². The zero-order valence-corrected chi connectivity index (χ0v) is 19.2. The van der Waals surface area contributed by atoms with Crippen LogP contribution in [0, 0.1) is 0 Å². The Hall–Kier alpha value is -5.18. The topological polar surface area (TPSA) is 108 Å². The number of hydrogen-bond acceptors (Lipinski definition) is 9. The van der Waals surface area contributed by atoms with Crippen LogP contribution in [-0.2, 0) is 0 Å². The largest absolute Gasteiger partial charge is 0.495 e. The molecule has 0 bridgehead atoms. The number of fused-ring (bicyclic) bond motifs is 2. The lowest BCUT2D eigenvalue weighted by molar-refractivity contribution is 0.413. The van der Waals surface area contributed by atoms with Crippen LogP contribution in [0.5, 0.6) is 17.2 Å². The molecule has 4 heterocycles. The Morgan fingerprint density at radius 1 is 0.722 bits per heavy atom. The summed E-state index contributed by atoms with van der Waals surface area (Å²) >= 11 is 0. The molecule has 6 rings (SSSR count). The van der Waals surface area contributed by atoms with Crippen molar-refractivity contribution < 1.29 is 9.47 Å². The van der Waals surface area contributed by atoms with Crippen molar-refractivity contribution in [3.63, 3.8) is 0 Å². The Labute approximate surface area is 205 Å². The van der Waals surface area contributed by atoms with Gasteiger partial charge in [-0.25, -0.2) is 15.0 Å². The molecule has 0 spiro atoms. The van der Waals surface area contributed by atoms with E-state index in [2.05, 4.69) is 35.5 Å². The van der Waals surface area contributed by atoms with Crippen LogP contribution in [0.15, 0.2) is 91.5 Å². The van der Waals surface area contributed by atoms with Crippen molar-refractivity contribution in [2.75, 3.05) is 12.4 Å². The number of ether oxygens (including phenoxy) is 2. The minimum Gasteiger partial charge on any atom is -0.495 e. The summed E-state index contributed by atoms with van der Waals surface area (Å²) in [7, 11) is 1.59. The van der Waals surface area contributed by atoms with Crippen molar-refractivity contribution in [1.29, 1.82) is 0 Å². The number of nitrogens with one attached hydrogen (secondary N) is 1. The average molecular weight is 473 g/mol. The van der Waals surface area contributed by atoms with E-state index in [0.29, 0.717) is 40.0 Å². The van der Waals surface area contributed by atoms with Crippen molar-refractivity contribution in [2.45, 2.75) is 0 Å². The lowest BCUT2D eigenvalue weighted by Crippen LogP contribution is -2.02. The molecule has 0 amide bonds. The zero-order valence-electron chi connectivity index (χ0n) is 19.2. The van der Waals surface area contributed by atoms with Crippen LogP contribution in [0.25, 0.3) is 33.1 Å². The van der Waals surface area contributed by atoms with Gasteiger partial charge in [0.1, 0.15) is 17.0 Å². The highest BCUT2D eigenvalue weighted by molar-refractivity contribution is 6.00. The fraction of sp³-hybridized carbons (Fsp3) is 0.0370. The summed E-state index contributed by atoms with van der Waals surface area (Å²) in [6.07, 6.45) is 6.44. The molecule has 9 heteroatoms. The molecule has 0 aliphatic carbocycles. The first kappa shape index (κ1) is 21.4. The molecular weight excluding hydrogens is 454 g/mol. The fourth-order valence-electron chi connectivity index (χ4n) is 3.85. The molecule has 174 valence electrons. The summed E-state index contributed by atoms with van der Waals surface area (Å²) in [5.74, 6) is 2.56. The summed E-state index contributed by atoms with van der Waals surface area (Å²) in [6, 6.07) is 21.5. The Morgan fingerprint density at radius 2 is 1.47 bits per heavy atom. The highest BCUT2D eigenvalue weighted by Crippen LogP contribution is 2.31. The molecule has 0 aliphatic rings. The molecular formula is C27H19N7O2. The van der Waals surface area contributed by atoms with E-state index in [4.69, 9.17) is 9.47 Å². The second-order valence-corrected chi connectivity index (χ2v) is 7.83. The van der Waals surface area contributed by atoms with E-state index in [-0.39, 0.29) is 0 Å². The lowest BCUT2D eigenvalue weighted by atomic mass is 10.0. The first-order chi connectivity index (χ1) is 17.8. The third kappa shape index (κ3) is 4.09. The van der Waals surface area contributed by atoms with Crippen molar-refractivity contribution >= 4 is 33.6 Å². The molecule has 2 aromatic carbocycles. The monoisotopic (exact) mass is 473 g/mol. The number of aromatic nitrogens is 6. The van der Waals surface area contributed by atoms with E-state index >= 15 is 0 Å². The van der Waals surface area contributed by atoms with Crippen molar-refractivity contribution in [3.8, 4) is 28.5 Å². The Balaban J connectivity index is 1.26. The minimum absolute atomic E-state index is 0.372. The molecule has 9 nitrogen and oxygen atoms in total. The van der Waals surface area contributed by atoms with Gasteiger partial charge in [0, 0.05) is 34.7 Å². The quantitative estimate of drug-likeness (QED) is 0.332. The number of hydrogen-bond donors (Lipinski definition) is 1. The van der Waals surface area contributed by atoms with Crippen molar-refractivity contribution in [3.05, 3.63) is 91.5 Å². The van der Waals surface area contributed by atoms with Crippen LogP contribution in [0.3, 0.4) is 0 Å². The van der Waals surface area contributed by atoms with Gasteiger partial charge in [-0.2, -0.15) is 0 Å². The Bertz CT molecular complexity index is 1680. The van der Waals surface area contributed by atoms with Crippen molar-refractivity contribution in [2.24, 2.45) is 0 Å². The van der Waals surface area contributed by atoms with Crippen molar-refractivity contribution in [1.82, 2.24) is 30.1 Å². The molecule has 4 aromatic heterocycles. The van der Waals surface area contributed by atoms with Gasteiger partial charge in [0.05, 0.1) is 31.2 Å². The van der Waals surface area contributed by atoms with Crippen LogP contribution >= 0.6 is 0 Å². The maximum atomic E-state index is 5.98. The number of methoxy groups -OCH3 is 1. The van der Waals surface area contributed by atoms with E-state index in [1.54, 1.807) is 44.0 Å². The molecule has 0 saturated carbocycles. The summed E-state index contributed by atoms with van der Waals surface area (Å²) < 4.78 is 11.2. The predicted octanol–water partition coefficient (Wildman–Crippen LogP) is 5.57. The van der Waals surface area contributed by atoms with E-state index in [1.165, 1.54) is 0 Å². The molecule has 36 heavy (non-hydrogen) atoms. The van der Waals surface area contributed by atoms with Gasteiger partial charge in [0.15, 0.2) is 17.3 Å². The van der Waals surface area contributed by atoms with Gasteiger partial charge in [0.25, 0.3) is 0 Å². The smallest absolute Gasteiger partial charge is 0.228 e. The molecule has 1 N–H and O–H groups in total. The van der Waals surface area contributed by atoms with Gasteiger partial charge in [0.2, 0.25) is 5.95 Å². The third-order valence-corrected chi connectivity index (χ3v) is 5.57. The van der Waals surface area contributed by atoms with Crippen LogP contribution in [0.1, 0.15) is 0 Å². The van der Waals surface area contributed by atoms with Crippen LogP contribution < -0.4 is 14.8 Å². The number of benzene rings is 2. The van der Waals surface area contributed by atoms with Crippen LogP contribution in [0.2, 0.25) is 0 Å². The maximum Gasteiger partial charge on any atom is 0.228 e. The second kappa shape index (κ2) is 9.22. The number of nitrogens with zero attached hydrogens (tertiary/aromatic N) is 6. The summed E-state index contributed by atoms with van der Waals surface area (Å²) in [5, 5.41) is 14.0. The van der Waals surface area contributed by atoms with Gasteiger partial charge in [-0.05, 0) is 0 Å². The third-order valence-electron chi connectivity index (χ3n) is 5.57. The summed E-state index contributed by atoms with van der Waals surface area (Å²) in [4.78, 5) is 17.5. The van der Waals surface area contributed by atoms with Gasteiger partial charge < -0.3 is 14.8 Å². The SMILES string of the molecule is COc1cnc2c(Oc3cnc(Nc4nnc(-c5ccccc5)c5ccccc45)nc3)ccnc2c1. The number of pyridine rings is 2. The standard InChI is InChI=1S/C27H19N7O2/c1-35-18-13-22-25(29-14-18)23(11-12-28-22)36-19-15-30-27(31-16-19)32-26-21-10-6-5-9-20(21)24(33-34-26)17-7-3-2-4-8-17/h2-16H,1H3,(H,30,31,32,34). The van der Waals surface area contributed by atoms with Gasteiger partial charge in [-0.15, -0.1) is 10.2 Å². The van der Waals surface area contributed by atoms with E-state index < -0.39 is 0 Å². The predicted molar refractivity (Wildman–Crippen MR) is 136 cm³/mol. The first-order valence-electron chi connectivity index (χ1n) is 11.1. The summed E-state index contributed by atoms with van der Waals surface area (Å²) in [6.45, 7) is 0. The Kier molecular flexibility index (Phi) is 5.47. The molecule has 0 unspecified atom stereocenters. The molecule has 0 saturated heterocycles. The first-order valence-corrected chi connectivity index (χ1v) is 11.1. The lowest BCUT2D eigenvalue weighted by Gasteiger charge is -2.11. The molecule has 0 aliphatic heterocycles. The van der Waals surface area contributed by atoms with Crippen LogP contribution in [0.4, 0.5) is 11.8 Å². The average Bonchev–Trinajstić information content (AvgIpc) is 2.94. The van der Waals surface area contributed by atoms with Gasteiger partial charge in [-0.1, -0.05) is 54.6 Å². The normalized spacial score (nSPS) is 10.9. The second-order valence-electron chi connectivity index (χ2n) is 7.83. The molecule has 0 atom stereocenters. The molecule has 6 aromatic rings. The fourth-order valence-corrected chi connectivity index (χ4v) is 3.85. The highest BCUT2D eigenvalue weighted by Gasteiger charge is 2.12. The molecule has 0 radical (unpaired) electrons. The van der Waals surface area contributed by atoms with E-state index in [0.717, 1.165) is 22.0 Å². The zero-order chi connectivity index (χ0) is 24.3. The number of rotatable bonds is 6. The Morgan fingerprint density at radius 3 is 2.28 bits per heavy atom. The van der Waals surface area contributed by atoms with Gasteiger partial charge >= 0.3 is 0 Å². The summed E-state index contributed by atoms with van der Waals surface area (Å²) in [5.41, 5.74) is 3.09. The molecule has 0 fully saturated rings.